The van der Waals surface area contributed by atoms with Gasteiger partial charge in [0, 0.05) is 38.3 Å². The predicted octanol–water partition coefficient (Wildman–Crippen LogP) is 1.12. The molecule has 1 aromatic rings. The van der Waals surface area contributed by atoms with Crippen molar-refractivity contribution in [2.75, 3.05) is 26.2 Å². The maximum atomic E-state index is 12.8. The smallest absolute Gasteiger partial charge is 0.263 e. The highest BCUT2D eigenvalue weighted by atomic mass is 16.2. The molecule has 3 aliphatic rings. The summed E-state index contributed by atoms with van der Waals surface area (Å²) in [5, 5.41) is 0. The molecule has 2 saturated heterocycles. The Labute approximate surface area is 146 Å². The van der Waals surface area contributed by atoms with Gasteiger partial charge in [0.05, 0.1) is 5.41 Å². The molecule has 3 heterocycles. The fourth-order valence-corrected chi connectivity index (χ4v) is 4.17. The van der Waals surface area contributed by atoms with Gasteiger partial charge >= 0.3 is 0 Å². The molecule has 1 aliphatic carbocycles. The van der Waals surface area contributed by atoms with Gasteiger partial charge in [-0.1, -0.05) is 0 Å². The number of amides is 2. The van der Waals surface area contributed by atoms with Crippen LogP contribution in [-0.2, 0) is 4.79 Å². The van der Waals surface area contributed by atoms with E-state index in [1.54, 1.807) is 4.90 Å². The molecule has 1 N–H and O–H groups in total. The normalized spacial score (nSPS) is 26.5. The van der Waals surface area contributed by atoms with Crippen molar-refractivity contribution in [2.24, 2.45) is 5.41 Å². The molecule has 2 aliphatic heterocycles. The van der Waals surface area contributed by atoms with Crippen LogP contribution in [0.4, 0.5) is 0 Å². The van der Waals surface area contributed by atoms with Gasteiger partial charge in [-0.2, -0.15) is 0 Å². The second kappa shape index (κ2) is 5.97. The van der Waals surface area contributed by atoms with E-state index in [1.807, 2.05) is 11.8 Å². The maximum Gasteiger partial charge on any atom is 0.263 e. The quantitative estimate of drug-likeness (QED) is 0.890. The van der Waals surface area contributed by atoms with Crippen LogP contribution in [0.15, 0.2) is 11.0 Å². The predicted molar refractivity (Wildman–Crippen MR) is 91.3 cm³/mol. The highest BCUT2D eigenvalue weighted by molar-refractivity contribution is 5.95. The Hall–Kier alpha value is -2.18. The molecule has 0 radical (unpaired) electrons. The molecular weight excluding hydrogens is 320 g/mol. The number of carbonyl (C=O) groups excluding carboxylic acids is 2. The average molecular weight is 344 g/mol. The van der Waals surface area contributed by atoms with E-state index in [-0.39, 0.29) is 22.9 Å². The first-order valence-electron chi connectivity index (χ1n) is 9.22. The fourth-order valence-electron chi connectivity index (χ4n) is 4.17. The number of hydrogen-bond donors (Lipinski definition) is 1. The zero-order valence-electron chi connectivity index (χ0n) is 14.6. The van der Waals surface area contributed by atoms with Gasteiger partial charge in [-0.05, 0) is 39.0 Å². The summed E-state index contributed by atoms with van der Waals surface area (Å²) in [6.45, 7) is 4.43. The molecule has 1 aromatic heterocycles. The molecule has 7 heteroatoms. The Balaban J connectivity index is 1.52. The van der Waals surface area contributed by atoms with Crippen molar-refractivity contribution in [3.05, 3.63) is 27.9 Å². The van der Waals surface area contributed by atoms with Crippen LogP contribution in [0.2, 0.25) is 0 Å². The maximum absolute atomic E-state index is 12.8. The first kappa shape index (κ1) is 16.3. The summed E-state index contributed by atoms with van der Waals surface area (Å²) >= 11 is 0. The largest absolute Gasteiger partial charge is 0.342 e. The van der Waals surface area contributed by atoms with Crippen molar-refractivity contribution in [3.8, 4) is 0 Å². The van der Waals surface area contributed by atoms with Crippen LogP contribution < -0.4 is 5.56 Å². The van der Waals surface area contributed by atoms with Crippen LogP contribution in [0.3, 0.4) is 0 Å². The minimum atomic E-state index is -0.460. The molecule has 0 bridgehead atoms. The Kier molecular flexibility index (Phi) is 3.89. The van der Waals surface area contributed by atoms with Crippen LogP contribution in [0, 0.1) is 5.41 Å². The molecule has 1 saturated carbocycles. The minimum Gasteiger partial charge on any atom is -0.342 e. The van der Waals surface area contributed by atoms with Crippen molar-refractivity contribution < 1.29 is 9.59 Å². The molecule has 1 spiro atoms. The zero-order chi connectivity index (χ0) is 17.6. The molecule has 2 amide bonds. The molecule has 25 heavy (non-hydrogen) atoms. The SMILES string of the molecule is CCN1CCC[C@]2(CCN(C(=O)c3cnc(C4CC4)[nH]c3=O)C2)C1=O. The molecule has 3 fully saturated rings. The molecule has 7 nitrogen and oxygen atoms in total. The Bertz CT molecular complexity index is 770. The summed E-state index contributed by atoms with van der Waals surface area (Å²) in [5.41, 5.74) is -0.747. The third kappa shape index (κ3) is 2.75. The van der Waals surface area contributed by atoms with E-state index in [0.29, 0.717) is 37.8 Å². The number of piperidine rings is 1. The Morgan fingerprint density at radius 3 is 2.80 bits per heavy atom. The summed E-state index contributed by atoms with van der Waals surface area (Å²) in [6, 6.07) is 0. The van der Waals surface area contributed by atoms with Crippen molar-refractivity contribution >= 4 is 11.8 Å². The monoisotopic (exact) mass is 344 g/mol. The van der Waals surface area contributed by atoms with Crippen molar-refractivity contribution in [3.63, 3.8) is 0 Å². The number of aromatic nitrogens is 2. The number of likely N-dealkylation sites (tertiary alicyclic amines) is 2. The van der Waals surface area contributed by atoms with Gasteiger partial charge in [-0.25, -0.2) is 4.98 Å². The van der Waals surface area contributed by atoms with Gasteiger partial charge in [0.25, 0.3) is 11.5 Å². The lowest BCUT2D eigenvalue weighted by atomic mass is 9.78. The number of nitrogens with zero attached hydrogens (tertiary/aromatic N) is 3. The van der Waals surface area contributed by atoms with Crippen LogP contribution >= 0.6 is 0 Å². The van der Waals surface area contributed by atoms with Crippen LogP contribution in [0.25, 0.3) is 0 Å². The molecular formula is C18H24N4O3. The van der Waals surface area contributed by atoms with Crippen LogP contribution in [0.5, 0.6) is 0 Å². The number of H-pyrrole nitrogens is 1. The van der Waals surface area contributed by atoms with Crippen molar-refractivity contribution in [1.29, 1.82) is 0 Å². The minimum absolute atomic E-state index is 0.0806. The van der Waals surface area contributed by atoms with E-state index in [1.165, 1.54) is 6.20 Å². The summed E-state index contributed by atoms with van der Waals surface area (Å²) in [6.07, 6.45) is 5.96. The lowest BCUT2D eigenvalue weighted by Crippen LogP contribution is -2.50. The first-order chi connectivity index (χ1) is 12.0. The first-order valence-corrected chi connectivity index (χ1v) is 9.22. The number of aromatic amines is 1. The van der Waals surface area contributed by atoms with Crippen molar-refractivity contribution in [1.82, 2.24) is 19.8 Å². The van der Waals surface area contributed by atoms with E-state index < -0.39 is 5.41 Å². The standard InChI is InChI=1S/C18H24N4O3/c1-2-21-8-3-6-18(17(21)25)7-9-22(11-18)16(24)13-10-19-14(12-4-5-12)20-15(13)23/h10,12H,2-9,11H2,1H3,(H,19,20,23)/t18-/m1/s1. The zero-order valence-corrected chi connectivity index (χ0v) is 14.6. The van der Waals surface area contributed by atoms with Crippen LogP contribution in [-0.4, -0.2) is 57.8 Å². The summed E-state index contributed by atoms with van der Waals surface area (Å²) in [7, 11) is 0. The summed E-state index contributed by atoms with van der Waals surface area (Å²) in [5.74, 6) is 0.870. The third-order valence-corrected chi connectivity index (χ3v) is 5.86. The highest BCUT2D eigenvalue weighted by Crippen LogP contribution is 2.40. The van der Waals surface area contributed by atoms with Gasteiger partial charge in [-0.3, -0.25) is 14.4 Å². The lowest BCUT2D eigenvalue weighted by molar-refractivity contribution is -0.145. The van der Waals surface area contributed by atoms with Gasteiger partial charge in [0.1, 0.15) is 11.4 Å². The van der Waals surface area contributed by atoms with Gasteiger partial charge in [0.15, 0.2) is 0 Å². The second-order valence-corrected chi connectivity index (χ2v) is 7.53. The van der Waals surface area contributed by atoms with Crippen molar-refractivity contribution in [2.45, 2.75) is 44.9 Å². The fraction of sp³-hybridized carbons (Fsp3) is 0.667. The van der Waals surface area contributed by atoms with Gasteiger partial charge in [0.2, 0.25) is 5.91 Å². The number of hydrogen-bond acceptors (Lipinski definition) is 4. The average Bonchev–Trinajstić information content (AvgIpc) is 3.38. The topological polar surface area (TPSA) is 86.4 Å². The number of nitrogens with one attached hydrogen (secondary N) is 1. The molecule has 1 atom stereocenters. The number of rotatable bonds is 3. The van der Waals surface area contributed by atoms with E-state index in [4.69, 9.17) is 0 Å². The van der Waals surface area contributed by atoms with E-state index in [0.717, 1.165) is 32.2 Å². The van der Waals surface area contributed by atoms with E-state index in [2.05, 4.69) is 9.97 Å². The Morgan fingerprint density at radius 1 is 1.32 bits per heavy atom. The third-order valence-electron chi connectivity index (χ3n) is 5.86. The van der Waals surface area contributed by atoms with E-state index >= 15 is 0 Å². The summed E-state index contributed by atoms with van der Waals surface area (Å²) in [4.78, 5) is 48.4. The van der Waals surface area contributed by atoms with Gasteiger partial charge in [-0.15, -0.1) is 0 Å². The molecule has 0 unspecified atom stereocenters. The van der Waals surface area contributed by atoms with E-state index in [9.17, 15) is 14.4 Å². The molecule has 4 rings (SSSR count). The number of carbonyl (C=O) groups is 2. The molecule has 0 aromatic carbocycles. The Morgan fingerprint density at radius 2 is 2.12 bits per heavy atom. The second-order valence-electron chi connectivity index (χ2n) is 7.53. The van der Waals surface area contributed by atoms with Gasteiger partial charge < -0.3 is 14.8 Å². The summed E-state index contributed by atoms with van der Waals surface area (Å²) < 4.78 is 0. The molecule has 134 valence electrons. The lowest BCUT2D eigenvalue weighted by Gasteiger charge is -2.38. The highest BCUT2D eigenvalue weighted by Gasteiger charge is 2.49. The van der Waals surface area contributed by atoms with Crippen LogP contribution in [0.1, 0.15) is 61.1 Å².